The van der Waals surface area contributed by atoms with Gasteiger partial charge in [0.2, 0.25) is 0 Å². The zero-order chi connectivity index (χ0) is 25.5. The van der Waals surface area contributed by atoms with Crippen LogP contribution in [0.1, 0.15) is 116 Å². The van der Waals surface area contributed by atoms with Gasteiger partial charge in [-0.05, 0) is 103 Å². The topological polar surface area (TPSA) is 39.2 Å². The molecule has 4 aliphatic rings. The molecule has 1 heterocycles. The SMILES string of the molecule is CC(C)CCCC(C)C1CCC2C3CC=C4CC(OC(=O)c5ccncc5)CCC4(C)C3CCC12C. The van der Waals surface area contributed by atoms with Crippen LogP contribution in [0.15, 0.2) is 36.2 Å². The number of carbonyl (C=O) groups is 1. The largest absolute Gasteiger partial charge is 0.458 e. The van der Waals surface area contributed by atoms with E-state index in [1.165, 1.54) is 51.4 Å². The van der Waals surface area contributed by atoms with Gasteiger partial charge < -0.3 is 4.74 Å². The number of esters is 1. The van der Waals surface area contributed by atoms with Gasteiger partial charge in [-0.25, -0.2) is 4.79 Å². The number of allylic oxidation sites excluding steroid dienone is 1. The minimum absolute atomic E-state index is 0.0120. The molecule has 36 heavy (non-hydrogen) atoms. The molecule has 3 heteroatoms. The third-order valence-electron chi connectivity index (χ3n) is 11.4. The lowest BCUT2D eigenvalue weighted by Crippen LogP contribution is -2.51. The average Bonchev–Trinajstić information content (AvgIpc) is 3.22. The van der Waals surface area contributed by atoms with Gasteiger partial charge in [0.05, 0.1) is 5.56 Å². The molecule has 4 aliphatic carbocycles. The fourth-order valence-electron chi connectivity index (χ4n) is 9.46. The number of aromatic nitrogens is 1. The first kappa shape index (κ1) is 26.0. The summed E-state index contributed by atoms with van der Waals surface area (Å²) in [6.45, 7) is 12.5. The zero-order valence-corrected chi connectivity index (χ0v) is 23.5. The van der Waals surface area contributed by atoms with Gasteiger partial charge in [-0.2, -0.15) is 0 Å². The first-order chi connectivity index (χ1) is 17.2. The fraction of sp³-hybridized carbons (Fsp3) is 0.758. The first-order valence-electron chi connectivity index (χ1n) is 15.0. The van der Waals surface area contributed by atoms with Crippen molar-refractivity contribution in [2.45, 2.75) is 111 Å². The zero-order valence-electron chi connectivity index (χ0n) is 23.5. The van der Waals surface area contributed by atoms with Crippen LogP contribution in [0.3, 0.4) is 0 Å². The maximum absolute atomic E-state index is 12.7. The van der Waals surface area contributed by atoms with Crippen molar-refractivity contribution in [2.24, 2.45) is 46.3 Å². The average molecular weight is 492 g/mol. The lowest BCUT2D eigenvalue weighted by atomic mass is 9.47. The minimum atomic E-state index is -0.201. The Bertz CT molecular complexity index is 954. The van der Waals surface area contributed by atoms with E-state index >= 15 is 0 Å². The number of rotatable bonds is 7. The Balaban J connectivity index is 1.25. The van der Waals surface area contributed by atoms with Crippen LogP contribution < -0.4 is 0 Å². The van der Waals surface area contributed by atoms with Crippen molar-refractivity contribution in [3.05, 3.63) is 41.7 Å². The van der Waals surface area contributed by atoms with Gasteiger partial charge in [0, 0.05) is 18.8 Å². The number of hydrogen-bond acceptors (Lipinski definition) is 3. The molecular formula is C33H49NO2. The quantitative estimate of drug-likeness (QED) is 0.283. The van der Waals surface area contributed by atoms with Crippen molar-refractivity contribution < 1.29 is 9.53 Å². The number of nitrogens with zero attached hydrogens (tertiary/aromatic N) is 1. The number of ether oxygens (including phenoxy) is 1. The van der Waals surface area contributed by atoms with E-state index in [0.717, 1.165) is 54.8 Å². The predicted molar refractivity (Wildman–Crippen MR) is 146 cm³/mol. The highest BCUT2D eigenvalue weighted by Gasteiger charge is 2.59. The van der Waals surface area contributed by atoms with E-state index in [4.69, 9.17) is 4.74 Å². The maximum Gasteiger partial charge on any atom is 0.338 e. The highest BCUT2D eigenvalue weighted by molar-refractivity contribution is 5.89. The molecule has 0 N–H and O–H groups in total. The number of hydrogen-bond donors (Lipinski definition) is 0. The second-order valence-corrected chi connectivity index (χ2v) is 13.8. The van der Waals surface area contributed by atoms with Crippen molar-refractivity contribution in [3.63, 3.8) is 0 Å². The van der Waals surface area contributed by atoms with Crippen LogP contribution >= 0.6 is 0 Å². The summed E-state index contributed by atoms with van der Waals surface area (Å²) < 4.78 is 5.97. The van der Waals surface area contributed by atoms with Gasteiger partial charge in [-0.1, -0.05) is 65.5 Å². The van der Waals surface area contributed by atoms with Crippen molar-refractivity contribution in [1.29, 1.82) is 0 Å². The molecule has 3 fully saturated rings. The first-order valence-corrected chi connectivity index (χ1v) is 15.0. The third-order valence-corrected chi connectivity index (χ3v) is 11.4. The lowest BCUT2D eigenvalue weighted by Gasteiger charge is -2.58. The summed E-state index contributed by atoms with van der Waals surface area (Å²) in [5.74, 6) is 4.96. The van der Waals surface area contributed by atoms with E-state index in [1.807, 2.05) is 0 Å². The molecule has 0 amide bonds. The Morgan fingerprint density at radius 1 is 1.03 bits per heavy atom. The molecule has 3 nitrogen and oxygen atoms in total. The van der Waals surface area contributed by atoms with Crippen LogP contribution in [-0.4, -0.2) is 17.1 Å². The van der Waals surface area contributed by atoms with Gasteiger partial charge in [0.15, 0.2) is 0 Å². The van der Waals surface area contributed by atoms with E-state index < -0.39 is 0 Å². The highest BCUT2D eigenvalue weighted by Crippen LogP contribution is 2.67. The van der Waals surface area contributed by atoms with Crippen LogP contribution in [0.2, 0.25) is 0 Å². The Morgan fingerprint density at radius 3 is 2.56 bits per heavy atom. The minimum Gasteiger partial charge on any atom is -0.458 e. The molecule has 5 rings (SSSR count). The Labute approximate surface area is 219 Å². The van der Waals surface area contributed by atoms with E-state index in [-0.39, 0.29) is 12.1 Å². The normalized spacial score (nSPS) is 38.5. The summed E-state index contributed by atoms with van der Waals surface area (Å²) in [6, 6.07) is 3.50. The lowest BCUT2D eigenvalue weighted by molar-refractivity contribution is -0.0594. The van der Waals surface area contributed by atoms with Crippen LogP contribution in [0.5, 0.6) is 0 Å². The Hall–Kier alpha value is -1.64. The van der Waals surface area contributed by atoms with Crippen molar-refractivity contribution >= 4 is 5.97 Å². The van der Waals surface area contributed by atoms with E-state index in [1.54, 1.807) is 30.1 Å². The van der Waals surface area contributed by atoms with Gasteiger partial charge in [0.25, 0.3) is 0 Å². The molecule has 0 saturated heterocycles. The molecule has 0 radical (unpaired) electrons. The summed E-state index contributed by atoms with van der Waals surface area (Å²) in [6.07, 6.45) is 20.2. The van der Waals surface area contributed by atoms with Gasteiger partial charge in [-0.15, -0.1) is 0 Å². The molecule has 1 aromatic heterocycles. The fourth-order valence-corrected chi connectivity index (χ4v) is 9.46. The summed E-state index contributed by atoms with van der Waals surface area (Å²) in [5, 5.41) is 0. The second-order valence-electron chi connectivity index (χ2n) is 13.8. The van der Waals surface area contributed by atoms with Crippen molar-refractivity contribution in [2.75, 3.05) is 0 Å². The monoisotopic (exact) mass is 491 g/mol. The Kier molecular flexibility index (Phi) is 7.40. The third kappa shape index (κ3) is 4.69. The predicted octanol–water partition coefficient (Wildman–Crippen LogP) is 8.65. The van der Waals surface area contributed by atoms with Gasteiger partial charge >= 0.3 is 5.97 Å². The molecule has 8 unspecified atom stereocenters. The smallest absolute Gasteiger partial charge is 0.338 e. The molecular weight excluding hydrogens is 442 g/mol. The number of pyridine rings is 1. The molecule has 0 bridgehead atoms. The van der Waals surface area contributed by atoms with E-state index in [0.29, 0.717) is 16.4 Å². The number of carbonyl (C=O) groups excluding carboxylic acids is 1. The Morgan fingerprint density at radius 2 is 1.81 bits per heavy atom. The molecule has 198 valence electrons. The standard InChI is InChI=1S/C33H49NO2/c1-22(2)7-6-8-23(3)28-11-12-29-27-10-9-25-21-26(36-31(35)24-15-19-34-20-16-24)13-17-32(25,4)30(27)14-18-33(28,29)5/h9,15-16,19-20,22-23,26-30H,6-8,10-14,17-18,21H2,1-5H3. The van der Waals surface area contributed by atoms with Gasteiger partial charge in [0.1, 0.15) is 6.10 Å². The maximum atomic E-state index is 12.7. The molecule has 0 aromatic carbocycles. The summed E-state index contributed by atoms with van der Waals surface area (Å²) in [7, 11) is 0. The summed E-state index contributed by atoms with van der Waals surface area (Å²) in [4.78, 5) is 16.7. The van der Waals surface area contributed by atoms with Crippen LogP contribution in [0.4, 0.5) is 0 Å². The van der Waals surface area contributed by atoms with Crippen LogP contribution in [0, 0.1) is 46.3 Å². The summed E-state index contributed by atoms with van der Waals surface area (Å²) >= 11 is 0. The van der Waals surface area contributed by atoms with E-state index in [9.17, 15) is 4.79 Å². The molecule has 0 aliphatic heterocycles. The highest BCUT2D eigenvalue weighted by atomic mass is 16.5. The summed E-state index contributed by atoms with van der Waals surface area (Å²) in [5.41, 5.74) is 3.03. The van der Waals surface area contributed by atoms with Crippen molar-refractivity contribution in [3.8, 4) is 0 Å². The van der Waals surface area contributed by atoms with Crippen molar-refractivity contribution in [1.82, 2.24) is 4.98 Å². The van der Waals surface area contributed by atoms with Crippen LogP contribution in [0.25, 0.3) is 0 Å². The molecule has 3 saturated carbocycles. The molecule has 0 spiro atoms. The van der Waals surface area contributed by atoms with Gasteiger partial charge in [-0.3, -0.25) is 4.98 Å². The molecule has 8 atom stereocenters. The second kappa shape index (κ2) is 10.3. The molecule has 1 aromatic rings. The van der Waals surface area contributed by atoms with Crippen LogP contribution in [-0.2, 0) is 4.74 Å². The number of fused-ring (bicyclic) bond motifs is 5. The van der Waals surface area contributed by atoms with E-state index in [2.05, 4.69) is 45.7 Å².